The van der Waals surface area contributed by atoms with Crippen LogP contribution in [0, 0.1) is 5.82 Å². The molecule has 2 atom stereocenters. The fraction of sp³-hybridized carbons (Fsp3) is 0.364. The lowest BCUT2D eigenvalue weighted by Gasteiger charge is -2.17. The van der Waals surface area contributed by atoms with Crippen molar-refractivity contribution in [3.8, 4) is 0 Å². The normalized spacial score (nSPS) is 13.4. The third-order valence-electron chi connectivity index (χ3n) is 2.15. The number of esters is 1. The van der Waals surface area contributed by atoms with E-state index < -0.39 is 24.0 Å². The lowest BCUT2D eigenvalue weighted by molar-refractivity contribution is -0.149. The van der Waals surface area contributed by atoms with E-state index >= 15 is 0 Å². The second-order valence-corrected chi connectivity index (χ2v) is 4.20. The van der Waals surface area contributed by atoms with Crippen LogP contribution in [0.2, 0.25) is 0 Å². The molecule has 0 bridgehead atoms. The van der Waals surface area contributed by atoms with Crippen molar-refractivity contribution in [2.75, 3.05) is 6.61 Å². The van der Waals surface area contributed by atoms with Crippen LogP contribution in [0.4, 0.5) is 8.78 Å². The molecule has 0 aliphatic carbocycles. The molecule has 1 rings (SSSR count). The van der Waals surface area contributed by atoms with E-state index in [2.05, 4.69) is 20.7 Å². The minimum atomic E-state index is -1.98. The maximum absolute atomic E-state index is 13.6. The Balaban J connectivity index is 0.00000289. The van der Waals surface area contributed by atoms with Crippen LogP contribution in [0.15, 0.2) is 22.7 Å². The van der Waals surface area contributed by atoms with Gasteiger partial charge in [-0.15, -0.1) is 12.4 Å². The average molecular weight is 345 g/mol. The second kappa shape index (κ2) is 7.66. The van der Waals surface area contributed by atoms with Gasteiger partial charge in [0.2, 0.25) is 6.17 Å². The molecule has 0 radical (unpaired) electrons. The Hall–Kier alpha value is -0.720. The summed E-state index contributed by atoms with van der Waals surface area (Å²) in [5, 5.41) is 0. The van der Waals surface area contributed by atoms with E-state index in [1.54, 1.807) is 6.92 Å². The highest BCUT2D eigenvalue weighted by atomic mass is 79.9. The number of carbonyl (C=O) groups is 1. The SMILES string of the molecule is CCOC(=O)C(F)[C@H](N)c1ccc(F)cc1Br.Cl. The molecule has 0 amide bonds. The van der Waals surface area contributed by atoms with Crippen LogP contribution >= 0.6 is 28.3 Å². The number of hydrogen-bond acceptors (Lipinski definition) is 3. The van der Waals surface area contributed by atoms with Gasteiger partial charge in [0.15, 0.2) is 0 Å². The molecule has 0 saturated heterocycles. The van der Waals surface area contributed by atoms with Gasteiger partial charge in [0.1, 0.15) is 5.82 Å². The lowest BCUT2D eigenvalue weighted by atomic mass is 10.0. The van der Waals surface area contributed by atoms with Gasteiger partial charge in [0.25, 0.3) is 0 Å². The van der Waals surface area contributed by atoms with Gasteiger partial charge in [-0.1, -0.05) is 22.0 Å². The highest BCUT2D eigenvalue weighted by Crippen LogP contribution is 2.26. The summed E-state index contributed by atoms with van der Waals surface area (Å²) in [5.41, 5.74) is 5.90. The Kier molecular flexibility index (Phi) is 7.35. The van der Waals surface area contributed by atoms with Crippen LogP contribution in [-0.2, 0) is 9.53 Å². The number of benzene rings is 1. The predicted molar refractivity (Wildman–Crippen MR) is 69.8 cm³/mol. The van der Waals surface area contributed by atoms with Gasteiger partial charge in [-0.05, 0) is 24.6 Å². The number of nitrogens with two attached hydrogens (primary N) is 1. The van der Waals surface area contributed by atoms with Crippen molar-refractivity contribution in [3.63, 3.8) is 0 Å². The van der Waals surface area contributed by atoms with Crippen LogP contribution in [0.1, 0.15) is 18.5 Å². The van der Waals surface area contributed by atoms with E-state index in [-0.39, 0.29) is 19.0 Å². The molecule has 0 spiro atoms. The fourth-order valence-corrected chi connectivity index (χ4v) is 1.91. The molecule has 1 aromatic carbocycles. The van der Waals surface area contributed by atoms with Crippen molar-refractivity contribution < 1.29 is 18.3 Å². The highest BCUT2D eigenvalue weighted by molar-refractivity contribution is 9.10. The van der Waals surface area contributed by atoms with E-state index in [1.807, 2.05) is 0 Å². The van der Waals surface area contributed by atoms with E-state index in [9.17, 15) is 13.6 Å². The van der Waals surface area contributed by atoms with Crippen LogP contribution in [-0.4, -0.2) is 18.7 Å². The Bertz CT molecular complexity index is 420. The minimum Gasteiger partial charge on any atom is -0.464 e. The summed E-state index contributed by atoms with van der Waals surface area (Å²) in [5.74, 6) is -1.49. The Morgan fingerprint density at radius 1 is 1.56 bits per heavy atom. The number of ether oxygens (including phenoxy) is 1. The van der Waals surface area contributed by atoms with Crippen molar-refractivity contribution in [2.45, 2.75) is 19.1 Å². The number of alkyl halides is 1. The average Bonchev–Trinajstić information content (AvgIpc) is 2.27. The van der Waals surface area contributed by atoms with Crippen molar-refractivity contribution in [1.82, 2.24) is 0 Å². The molecule has 1 aromatic rings. The Morgan fingerprint density at radius 2 is 2.17 bits per heavy atom. The molecule has 7 heteroatoms. The molecule has 3 nitrogen and oxygen atoms in total. The lowest BCUT2D eigenvalue weighted by Crippen LogP contribution is -2.31. The summed E-state index contributed by atoms with van der Waals surface area (Å²) < 4.78 is 31.3. The smallest absolute Gasteiger partial charge is 0.342 e. The molecule has 2 N–H and O–H groups in total. The highest BCUT2D eigenvalue weighted by Gasteiger charge is 2.29. The molecule has 0 aromatic heterocycles. The zero-order valence-corrected chi connectivity index (χ0v) is 11.9. The van der Waals surface area contributed by atoms with Gasteiger partial charge < -0.3 is 10.5 Å². The molecule has 0 saturated carbocycles. The predicted octanol–water partition coefficient (Wildman–Crippen LogP) is 2.91. The zero-order valence-electron chi connectivity index (χ0n) is 9.53. The number of carbonyl (C=O) groups excluding carboxylic acids is 1. The van der Waals surface area contributed by atoms with E-state index in [0.717, 1.165) is 12.1 Å². The van der Waals surface area contributed by atoms with Crippen molar-refractivity contribution >= 4 is 34.3 Å². The standard InChI is InChI=1S/C11H12BrF2NO2.ClH/c1-2-17-11(16)9(14)10(15)7-4-3-6(13)5-8(7)12;/h3-5,9-10H,2,15H2,1H3;1H/t9?,10-;/m1./s1. The van der Waals surface area contributed by atoms with E-state index in [0.29, 0.717) is 10.0 Å². The van der Waals surface area contributed by atoms with Crippen molar-refractivity contribution in [1.29, 1.82) is 0 Å². The third kappa shape index (κ3) is 4.19. The first kappa shape index (κ1) is 17.3. The first-order valence-electron chi connectivity index (χ1n) is 4.98. The number of halogens is 4. The molecular weight excluding hydrogens is 331 g/mol. The molecule has 0 aliphatic rings. The molecule has 102 valence electrons. The van der Waals surface area contributed by atoms with E-state index in [1.165, 1.54) is 6.07 Å². The summed E-state index contributed by atoms with van der Waals surface area (Å²) in [7, 11) is 0. The first-order chi connectivity index (χ1) is 7.97. The number of hydrogen-bond donors (Lipinski definition) is 1. The van der Waals surface area contributed by atoms with Gasteiger partial charge in [0, 0.05) is 4.47 Å². The largest absolute Gasteiger partial charge is 0.464 e. The van der Waals surface area contributed by atoms with Crippen LogP contribution in [0.3, 0.4) is 0 Å². The van der Waals surface area contributed by atoms with Crippen LogP contribution in [0.25, 0.3) is 0 Å². The molecular formula is C11H13BrClF2NO2. The number of rotatable bonds is 4. The molecule has 0 fully saturated rings. The molecule has 1 unspecified atom stereocenters. The maximum Gasteiger partial charge on any atom is 0.342 e. The third-order valence-corrected chi connectivity index (χ3v) is 2.84. The summed E-state index contributed by atoms with van der Waals surface area (Å²) in [4.78, 5) is 11.2. The topological polar surface area (TPSA) is 52.3 Å². The molecule has 18 heavy (non-hydrogen) atoms. The van der Waals surface area contributed by atoms with Crippen LogP contribution < -0.4 is 5.73 Å². The van der Waals surface area contributed by atoms with Gasteiger partial charge >= 0.3 is 5.97 Å². The van der Waals surface area contributed by atoms with Gasteiger partial charge in [-0.3, -0.25) is 0 Å². The zero-order chi connectivity index (χ0) is 13.0. The summed E-state index contributed by atoms with van der Waals surface area (Å²) in [6.07, 6.45) is -1.98. The summed E-state index contributed by atoms with van der Waals surface area (Å²) in [6, 6.07) is 2.45. The Labute approximate surface area is 118 Å². The van der Waals surface area contributed by atoms with E-state index in [4.69, 9.17) is 5.73 Å². The molecule has 0 heterocycles. The van der Waals surface area contributed by atoms with Crippen molar-refractivity contribution in [3.05, 3.63) is 34.1 Å². The summed E-state index contributed by atoms with van der Waals surface area (Å²) in [6.45, 7) is 1.65. The second-order valence-electron chi connectivity index (χ2n) is 3.35. The monoisotopic (exact) mass is 343 g/mol. The quantitative estimate of drug-likeness (QED) is 0.855. The van der Waals surface area contributed by atoms with Gasteiger partial charge in [-0.25, -0.2) is 13.6 Å². The van der Waals surface area contributed by atoms with Gasteiger partial charge in [-0.2, -0.15) is 0 Å². The minimum absolute atomic E-state index is 0. The van der Waals surface area contributed by atoms with Crippen molar-refractivity contribution in [2.24, 2.45) is 5.73 Å². The Morgan fingerprint density at radius 3 is 2.67 bits per heavy atom. The first-order valence-corrected chi connectivity index (χ1v) is 5.78. The fourth-order valence-electron chi connectivity index (χ4n) is 1.30. The summed E-state index contributed by atoms with van der Waals surface area (Å²) >= 11 is 3.07. The van der Waals surface area contributed by atoms with Gasteiger partial charge in [0.05, 0.1) is 12.6 Å². The van der Waals surface area contributed by atoms with Crippen LogP contribution in [0.5, 0.6) is 0 Å². The molecule has 0 aliphatic heterocycles. The maximum atomic E-state index is 13.6.